The molecule has 0 fully saturated rings. The van der Waals surface area contributed by atoms with Gasteiger partial charge in [-0.2, -0.15) is 0 Å². The van der Waals surface area contributed by atoms with Crippen molar-refractivity contribution in [2.45, 2.75) is 56.9 Å². The van der Waals surface area contributed by atoms with Gasteiger partial charge in [-0.15, -0.1) is 0 Å². The molecular weight excluding hydrogens is 260 g/mol. The maximum Gasteiger partial charge on any atom is 0.240 e. The van der Waals surface area contributed by atoms with Crippen LogP contribution in [0.2, 0.25) is 0 Å². The van der Waals surface area contributed by atoms with Gasteiger partial charge in [0.2, 0.25) is 10.0 Å². The monoisotopic (exact) mass is 284 g/mol. The van der Waals surface area contributed by atoms with Crippen LogP contribution in [0.1, 0.15) is 46.0 Å². The number of nitrogens with two attached hydrogens (primary N) is 1. The van der Waals surface area contributed by atoms with Crippen LogP contribution in [0.5, 0.6) is 0 Å². The van der Waals surface area contributed by atoms with Gasteiger partial charge < -0.3 is 5.73 Å². The maximum atomic E-state index is 12.3. The van der Waals surface area contributed by atoms with Crippen LogP contribution in [-0.2, 0) is 10.0 Å². The number of hydrogen-bond acceptors (Lipinski definition) is 3. The molecule has 0 saturated heterocycles. The first-order valence-electron chi connectivity index (χ1n) is 6.87. The van der Waals surface area contributed by atoms with Gasteiger partial charge in [0, 0.05) is 11.7 Å². The fraction of sp³-hybridized carbons (Fsp3) is 0.571. The van der Waals surface area contributed by atoms with Crippen LogP contribution in [0.3, 0.4) is 0 Å². The van der Waals surface area contributed by atoms with Gasteiger partial charge in [0.25, 0.3) is 0 Å². The summed E-state index contributed by atoms with van der Waals surface area (Å²) in [6, 6.07) is 6.41. The quantitative estimate of drug-likeness (QED) is 0.721. The number of unbranched alkanes of at least 4 members (excludes halogenated alkanes) is 1. The molecule has 5 heteroatoms. The Morgan fingerprint density at radius 2 is 1.95 bits per heavy atom. The van der Waals surface area contributed by atoms with Crippen LogP contribution in [0.4, 0.5) is 5.69 Å². The zero-order chi connectivity index (χ0) is 14.3. The summed E-state index contributed by atoms with van der Waals surface area (Å²) in [6.45, 7) is 4.17. The van der Waals surface area contributed by atoms with Crippen LogP contribution in [0.15, 0.2) is 29.2 Å². The zero-order valence-corrected chi connectivity index (χ0v) is 12.5. The molecule has 0 spiro atoms. The molecule has 0 saturated carbocycles. The van der Waals surface area contributed by atoms with E-state index in [0.717, 1.165) is 32.1 Å². The second-order valence-electron chi connectivity index (χ2n) is 4.82. The lowest BCUT2D eigenvalue weighted by molar-refractivity contribution is 0.483. The van der Waals surface area contributed by atoms with Gasteiger partial charge in [0.15, 0.2) is 0 Å². The number of anilines is 1. The molecule has 19 heavy (non-hydrogen) atoms. The van der Waals surface area contributed by atoms with Crippen molar-refractivity contribution in [3.63, 3.8) is 0 Å². The molecule has 0 aromatic heterocycles. The first-order chi connectivity index (χ1) is 8.99. The summed E-state index contributed by atoms with van der Waals surface area (Å²) in [5.74, 6) is 0. The lowest BCUT2D eigenvalue weighted by Gasteiger charge is -2.18. The van der Waals surface area contributed by atoms with E-state index >= 15 is 0 Å². The average Bonchev–Trinajstić information content (AvgIpc) is 2.36. The van der Waals surface area contributed by atoms with Crippen molar-refractivity contribution in [2.75, 3.05) is 5.73 Å². The lowest BCUT2D eigenvalue weighted by Crippen LogP contribution is -2.34. The van der Waals surface area contributed by atoms with Crippen molar-refractivity contribution in [3.05, 3.63) is 24.3 Å². The van der Waals surface area contributed by atoms with Crippen molar-refractivity contribution in [1.82, 2.24) is 4.72 Å². The van der Waals surface area contributed by atoms with Gasteiger partial charge in [-0.25, -0.2) is 13.1 Å². The van der Waals surface area contributed by atoms with Gasteiger partial charge in [0.05, 0.1) is 4.90 Å². The molecular formula is C14H24N2O2S. The van der Waals surface area contributed by atoms with Crippen LogP contribution < -0.4 is 10.5 Å². The maximum absolute atomic E-state index is 12.3. The first-order valence-corrected chi connectivity index (χ1v) is 8.35. The number of nitrogens with one attached hydrogen (secondary N) is 1. The minimum absolute atomic E-state index is 0.0105. The number of rotatable bonds is 8. The van der Waals surface area contributed by atoms with E-state index in [2.05, 4.69) is 18.6 Å². The van der Waals surface area contributed by atoms with Crippen molar-refractivity contribution >= 4 is 15.7 Å². The SMILES string of the molecule is CCCCC(CCC)NS(=O)(=O)c1cccc(N)c1. The highest BCUT2D eigenvalue weighted by molar-refractivity contribution is 7.89. The Labute approximate surface area is 116 Å². The Bertz CT molecular complexity index is 486. The van der Waals surface area contributed by atoms with Gasteiger partial charge in [-0.1, -0.05) is 39.2 Å². The highest BCUT2D eigenvalue weighted by Crippen LogP contribution is 2.15. The van der Waals surface area contributed by atoms with Crippen molar-refractivity contribution in [3.8, 4) is 0 Å². The Morgan fingerprint density at radius 1 is 1.21 bits per heavy atom. The van der Waals surface area contributed by atoms with Crippen LogP contribution in [0.25, 0.3) is 0 Å². The Hall–Kier alpha value is -1.07. The minimum Gasteiger partial charge on any atom is -0.399 e. The first kappa shape index (κ1) is 16.0. The molecule has 108 valence electrons. The Balaban J connectivity index is 2.81. The van der Waals surface area contributed by atoms with Crippen LogP contribution in [-0.4, -0.2) is 14.5 Å². The van der Waals surface area contributed by atoms with Crippen molar-refractivity contribution < 1.29 is 8.42 Å². The van der Waals surface area contributed by atoms with Crippen molar-refractivity contribution in [2.24, 2.45) is 0 Å². The van der Waals surface area contributed by atoms with Gasteiger partial charge in [-0.05, 0) is 31.0 Å². The predicted molar refractivity (Wildman–Crippen MR) is 79.4 cm³/mol. The third kappa shape index (κ3) is 5.20. The third-order valence-corrected chi connectivity index (χ3v) is 4.55. The summed E-state index contributed by atoms with van der Waals surface area (Å²) in [6.07, 6.45) is 4.81. The summed E-state index contributed by atoms with van der Waals surface area (Å²) in [7, 11) is -3.46. The fourth-order valence-corrected chi connectivity index (χ4v) is 3.39. The number of benzene rings is 1. The molecule has 3 N–H and O–H groups in total. The summed E-state index contributed by atoms with van der Waals surface area (Å²) in [5, 5.41) is 0. The van der Waals surface area contributed by atoms with E-state index in [1.807, 2.05) is 0 Å². The highest BCUT2D eigenvalue weighted by atomic mass is 32.2. The molecule has 1 aromatic carbocycles. The molecule has 0 amide bonds. The van der Waals surface area contributed by atoms with Gasteiger partial charge in [0.1, 0.15) is 0 Å². The van der Waals surface area contributed by atoms with Crippen LogP contribution in [0, 0.1) is 0 Å². The van der Waals surface area contributed by atoms with E-state index in [4.69, 9.17) is 5.73 Å². The van der Waals surface area contributed by atoms with Crippen LogP contribution >= 0.6 is 0 Å². The molecule has 0 bridgehead atoms. The summed E-state index contributed by atoms with van der Waals surface area (Å²) in [5.41, 5.74) is 6.09. The number of hydrogen-bond donors (Lipinski definition) is 2. The molecule has 0 aliphatic rings. The molecule has 4 nitrogen and oxygen atoms in total. The lowest BCUT2D eigenvalue weighted by atomic mass is 10.1. The molecule has 0 aliphatic carbocycles. The standard InChI is InChI=1S/C14H24N2O2S/c1-3-5-9-13(7-4-2)16-19(17,18)14-10-6-8-12(15)11-14/h6,8,10-11,13,16H,3-5,7,9,15H2,1-2H3. The second-order valence-corrected chi connectivity index (χ2v) is 6.54. The van der Waals surface area contributed by atoms with E-state index < -0.39 is 10.0 Å². The van der Waals surface area contributed by atoms with E-state index in [1.165, 1.54) is 6.07 Å². The summed E-state index contributed by atoms with van der Waals surface area (Å²) < 4.78 is 27.3. The number of nitrogen functional groups attached to an aromatic ring is 1. The Morgan fingerprint density at radius 3 is 2.53 bits per heavy atom. The van der Waals surface area contributed by atoms with Gasteiger partial charge >= 0.3 is 0 Å². The second kappa shape index (κ2) is 7.50. The zero-order valence-electron chi connectivity index (χ0n) is 11.7. The third-order valence-electron chi connectivity index (χ3n) is 3.03. The minimum atomic E-state index is -3.46. The van der Waals surface area contributed by atoms with Gasteiger partial charge in [-0.3, -0.25) is 0 Å². The molecule has 1 aromatic rings. The summed E-state index contributed by atoms with van der Waals surface area (Å²) in [4.78, 5) is 0.241. The van der Waals surface area contributed by atoms with E-state index in [0.29, 0.717) is 5.69 Å². The topological polar surface area (TPSA) is 72.2 Å². The molecule has 0 heterocycles. The molecule has 0 radical (unpaired) electrons. The van der Waals surface area contributed by atoms with Crippen molar-refractivity contribution in [1.29, 1.82) is 0 Å². The molecule has 1 unspecified atom stereocenters. The normalized spacial score (nSPS) is 13.4. The predicted octanol–water partition coefficient (Wildman–Crippen LogP) is 2.91. The fourth-order valence-electron chi connectivity index (χ4n) is 2.03. The molecule has 1 rings (SSSR count). The number of sulfonamides is 1. The van der Waals surface area contributed by atoms with E-state index in [9.17, 15) is 8.42 Å². The van der Waals surface area contributed by atoms with E-state index in [1.54, 1.807) is 18.2 Å². The highest BCUT2D eigenvalue weighted by Gasteiger charge is 2.19. The average molecular weight is 284 g/mol. The Kier molecular flexibility index (Phi) is 6.31. The summed E-state index contributed by atoms with van der Waals surface area (Å²) >= 11 is 0. The molecule has 0 aliphatic heterocycles. The molecule has 1 atom stereocenters. The largest absolute Gasteiger partial charge is 0.399 e. The van der Waals surface area contributed by atoms with E-state index in [-0.39, 0.29) is 10.9 Å². The smallest absolute Gasteiger partial charge is 0.240 e.